The van der Waals surface area contributed by atoms with Crippen molar-refractivity contribution in [2.24, 2.45) is 0 Å². The lowest BCUT2D eigenvalue weighted by Crippen LogP contribution is -2.45. The van der Waals surface area contributed by atoms with Crippen molar-refractivity contribution in [2.45, 2.75) is 38.3 Å². The van der Waals surface area contributed by atoms with Gasteiger partial charge >= 0.3 is 0 Å². The van der Waals surface area contributed by atoms with Crippen molar-refractivity contribution in [2.75, 3.05) is 24.7 Å². The number of ether oxygens (including phenoxy) is 2. The van der Waals surface area contributed by atoms with Crippen LogP contribution in [-0.4, -0.2) is 29.8 Å². The van der Waals surface area contributed by atoms with Gasteiger partial charge in [0.05, 0.1) is 13.2 Å². The summed E-state index contributed by atoms with van der Waals surface area (Å²) in [5, 5.41) is 0. The third-order valence-corrected chi connectivity index (χ3v) is 11.5. The molecule has 2 aromatic carbocycles. The molecule has 0 aliphatic carbocycles. The van der Waals surface area contributed by atoms with Gasteiger partial charge in [-0.1, -0.05) is 0 Å². The number of hydrogen-bond acceptors (Lipinski definition) is 5. The maximum absolute atomic E-state index is 6.62. The maximum atomic E-state index is 6.62. The van der Waals surface area contributed by atoms with Crippen molar-refractivity contribution in [1.29, 1.82) is 0 Å². The molecule has 4 N–H and O–H groups in total. The average Bonchev–Trinajstić information content (AvgIpc) is 2.57. The summed E-state index contributed by atoms with van der Waals surface area (Å²) >= 11 is 0. The van der Waals surface area contributed by atoms with Gasteiger partial charge in [-0.15, -0.1) is 0 Å². The SMILES string of the molecule is C[Si](C)(CCOc1ccc(N)cc1)O[Si](C)(C)CCOc1ccc(N)cc1. The number of benzene rings is 2. The summed E-state index contributed by atoms with van der Waals surface area (Å²) in [5.41, 5.74) is 12.9. The van der Waals surface area contributed by atoms with Crippen molar-refractivity contribution in [1.82, 2.24) is 0 Å². The van der Waals surface area contributed by atoms with Crippen molar-refractivity contribution in [3.63, 3.8) is 0 Å². The van der Waals surface area contributed by atoms with Crippen LogP contribution in [0.4, 0.5) is 11.4 Å². The van der Waals surface area contributed by atoms with E-state index in [9.17, 15) is 0 Å². The smallest absolute Gasteiger partial charge is 0.176 e. The third-order valence-electron chi connectivity index (χ3n) is 4.26. The van der Waals surface area contributed by atoms with E-state index in [1.165, 1.54) is 0 Å². The van der Waals surface area contributed by atoms with Gasteiger partial charge in [-0.2, -0.15) is 0 Å². The molecule has 0 radical (unpaired) electrons. The second-order valence-electron chi connectivity index (χ2n) is 7.96. The summed E-state index contributed by atoms with van der Waals surface area (Å²) < 4.78 is 18.3. The normalized spacial score (nSPS) is 12.0. The van der Waals surface area contributed by atoms with E-state index in [-0.39, 0.29) is 0 Å². The van der Waals surface area contributed by atoms with Gasteiger partial charge in [0.25, 0.3) is 0 Å². The van der Waals surface area contributed by atoms with E-state index >= 15 is 0 Å². The quantitative estimate of drug-likeness (QED) is 0.442. The lowest BCUT2D eigenvalue weighted by atomic mass is 10.3. The summed E-state index contributed by atoms with van der Waals surface area (Å²) in [6.07, 6.45) is 0. The Kier molecular flexibility index (Phi) is 7.35. The van der Waals surface area contributed by atoms with Crippen LogP contribution in [0.3, 0.4) is 0 Å². The molecule has 0 aliphatic heterocycles. The van der Waals surface area contributed by atoms with Gasteiger partial charge in [-0.25, -0.2) is 0 Å². The van der Waals surface area contributed by atoms with Crippen LogP contribution >= 0.6 is 0 Å². The Morgan fingerprint density at radius 1 is 0.630 bits per heavy atom. The first-order valence-electron chi connectivity index (χ1n) is 9.32. The highest BCUT2D eigenvalue weighted by atomic mass is 28.4. The molecule has 0 bridgehead atoms. The van der Waals surface area contributed by atoms with Crippen LogP contribution in [0.2, 0.25) is 38.3 Å². The Labute approximate surface area is 164 Å². The molecule has 0 saturated carbocycles. The molecular formula is C20H32N2O3Si2. The highest BCUT2D eigenvalue weighted by Crippen LogP contribution is 2.23. The van der Waals surface area contributed by atoms with E-state index in [0.29, 0.717) is 13.2 Å². The molecule has 0 amide bonds. The van der Waals surface area contributed by atoms with E-state index < -0.39 is 16.6 Å². The molecule has 0 unspecified atom stereocenters. The number of nitrogen functional groups attached to an aromatic ring is 2. The zero-order chi connectivity index (χ0) is 19.9. The first-order valence-corrected chi connectivity index (χ1v) is 15.6. The number of rotatable bonds is 10. The summed E-state index contributed by atoms with van der Waals surface area (Å²) in [5.74, 6) is 1.70. The highest BCUT2D eigenvalue weighted by molar-refractivity contribution is 6.84. The minimum Gasteiger partial charge on any atom is -0.494 e. The summed E-state index contributed by atoms with van der Waals surface area (Å²) in [4.78, 5) is 0. The Morgan fingerprint density at radius 2 is 0.963 bits per heavy atom. The molecule has 0 aromatic heterocycles. The van der Waals surface area contributed by atoms with Crippen LogP contribution < -0.4 is 20.9 Å². The molecule has 27 heavy (non-hydrogen) atoms. The van der Waals surface area contributed by atoms with Gasteiger partial charge in [0, 0.05) is 11.4 Å². The second kappa shape index (κ2) is 9.30. The van der Waals surface area contributed by atoms with E-state index in [2.05, 4.69) is 26.2 Å². The minimum absolute atomic E-state index is 0.662. The second-order valence-corrected chi connectivity index (χ2v) is 16.8. The molecule has 0 spiro atoms. The Bertz CT molecular complexity index is 643. The first-order chi connectivity index (χ1) is 12.7. The van der Waals surface area contributed by atoms with Crippen LogP contribution in [0, 0.1) is 0 Å². The molecule has 5 nitrogen and oxygen atoms in total. The van der Waals surface area contributed by atoms with Gasteiger partial charge in [-0.3, -0.25) is 0 Å². The van der Waals surface area contributed by atoms with E-state index in [1.54, 1.807) is 0 Å². The topological polar surface area (TPSA) is 79.7 Å². The minimum atomic E-state index is -1.80. The van der Waals surface area contributed by atoms with Crippen LogP contribution in [-0.2, 0) is 4.12 Å². The maximum Gasteiger partial charge on any atom is 0.176 e. The van der Waals surface area contributed by atoms with Gasteiger partial charge in [0.2, 0.25) is 0 Å². The molecule has 2 rings (SSSR count). The zero-order valence-corrected chi connectivity index (χ0v) is 18.8. The third kappa shape index (κ3) is 8.07. The molecule has 0 heterocycles. The average molecular weight is 405 g/mol. The largest absolute Gasteiger partial charge is 0.494 e. The Hall–Kier alpha value is -1.97. The van der Waals surface area contributed by atoms with Crippen LogP contribution in [0.1, 0.15) is 0 Å². The molecule has 0 fully saturated rings. The number of hydrogen-bond donors (Lipinski definition) is 2. The fourth-order valence-electron chi connectivity index (χ4n) is 2.81. The molecule has 0 atom stereocenters. The standard InChI is InChI=1S/C20H32N2O3Si2/c1-26(2,15-13-23-19-9-5-17(21)6-10-19)25-27(3,4)16-14-24-20-11-7-18(22)8-12-20/h5-12H,13-16,21-22H2,1-4H3. The van der Waals surface area contributed by atoms with Crippen molar-refractivity contribution in [3.8, 4) is 11.5 Å². The van der Waals surface area contributed by atoms with Crippen molar-refractivity contribution in [3.05, 3.63) is 48.5 Å². The van der Waals surface area contributed by atoms with Gasteiger partial charge < -0.3 is 25.1 Å². The van der Waals surface area contributed by atoms with Gasteiger partial charge in [0.15, 0.2) is 16.6 Å². The summed E-state index contributed by atoms with van der Waals surface area (Å²) in [6.45, 7) is 10.4. The summed E-state index contributed by atoms with van der Waals surface area (Å²) in [6, 6.07) is 16.9. The van der Waals surface area contributed by atoms with Crippen LogP contribution in [0.25, 0.3) is 0 Å². The Balaban J connectivity index is 1.74. The van der Waals surface area contributed by atoms with Crippen molar-refractivity contribution < 1.29 is 13.6 Å². The van der Waals surface area contributed by atoms with Crippen molar-refractivity contribution >= 4 is 28.0 Å². The first kappa shape index (κ1) is 21.3. The fourth-order valence-corrected chi connectivity index (χ4v) is 10.8. The van der Waals surface area contributed by atoms with E-state index in [0.717, 1.165) is 35.0 Å². The molecule has 0 saturated heterocycles. The van der Waals surface area contributed by atoms with Gasteiger partial charge in [0.1, 0.15) is 11.5 Å². The Morgan fingerprint density at radius 3 is 1.30 bits per heavy atom. The fraction of sp³-hybridized carbons (Fsp3) is 0.400. The zero-order valence-electron chi connectivity index (χ0n) is 16.8. The summed E-state index contributed by atoms with van der Waals surface area (Å²) in [7, 11) is -3.60. The molecule has 2 aromatic rings. The van der Waals surface area contributed by atoms with E-state index in [1.807, 2.05) is 48.5 Å². The predicted octanol–water partition coefficient (Wildman–Crippen LogP) is 4.74. The van der Waals surface area contributed by atoms with E-state index in [4.69, 9.17) is 25.1 Å². The lowest BCUT2D eigenvalue weighted by molar-refractivity contribution is 0.326. The van der Waals surface area contributed by atoms with Crippen LogP contribution in [0.15, 0.2) is 48.5 Å². The lowest BCUT2D eigenvalue weighted by Gasteiger charge is -2.34. The molecule has 7 heteroatoms. The molecule has 148 valence electrons. The predicted molar refractivity (Wildman–Crippen MR) is 118 cm³/mol. The molecule has 0 aliphatic rings. The number of nitrogens with two attached hydrogens (primary N) is 2. The number of anilines is 2. The monoisotopic (exact) mass is 404 g/mol. The van der Waals surface area contributed by atoms with Crippen LogP contribution in [0.5, 0.6) is 11.5 Å². The molecular weight excluding hydrogens is 372 g/mol. The van der Waals surface area contributed by atoms with Gasteiger partial charge in [-0.05, 0) is 86.8 Å². The highest BCUT2D eigenvalue weighted by Gasteiger charge is 2.32.